The van der Waals surface area contributed by atoms with Crippen LogP contribution in [-0.4, -0.2) is 32.0 Å². The molecule has 1 unspecified atom stereocenters. The Hall–Kier alpha value is -0.420. The van der Waals surface area contributed by atoms with Gasteiger partial charge in [-0.3, -0.25) is 13.9 Å². The second kappa shape index (κ2) is 2.45. The van der Waals surface area contributed by atoms with Gasteiger partial charge in [0.25, 0.3) is 11.3 Å². The summed E-state index contributed by atoms with van der Waals surface area (Å²) in [5.74, 6) is 0.649. The van der Waals surface area contributed by atoms with Crippen molar-refractivity contribution in [1.29, 1.82) is 0 Å². The third-order valence-corrected chi connectivity index (χ3v) is 2.02. The summed E-state index contributed by atoms with van der Waals surface area (Å²) in [5, 5.41) is 0. The Bertz CT molecular complexity index is 168. The SMILES string of the molecule is CC1=NCCN1S(=O)O. The van der Waals surface area contributed by atoms with E-state index in [1.54, 1.807) is 6.92 Å². The highest BCUT2D eigenvalue weighted by molar-refractivity contribution is 7.77. The highest BCUT2D eigenvalue weighted by Gasteiger charge is 2.16. The van der Waals surface area contributed by atoms with E-state index < -0.39 is 11.3 Å². The van der Waals surface area contributed by atoms with E-state index >= 15 is 0 Å². The van der Waals surface area contributed by atoms with Gasteiger partial charge in [-0.15, -0.1) is 0 Å². The average Bonchev–Trinajstić information content (AvgIpc) is 2.13. The predicted octanol–water partition coefficient (Wildman–Crippen LogP) is -0.143. The number of rotatable bonds is 1. The maximum Gasteiger partial charge on any atom is 0.262 e. The molecule has 1 aliphatic rings. The largest absolute Gasteiger partial charge is 0.289 e. The minimum Gasteiger partial charge on any atom is -0.289 e. The summed E-state index contributed by atoms with van der Waals surface area (Å²) < 4.78 is 20.3. The molecule has 4 nitrogen and oxygen atoms in total. The zero-order valence-corrected chi connectivity index (χ0v) is 5.89. The highest BCUT2D eigenvalue weighted by atomic mass is 32.2. The summed E-state index contributed by atoms with van der Waals surface area (Å²) in [7, 11) is 0. The molecule has 0 amide bonds. The van der Waals surface area contributed by atoms with E-state index in [2.05, 4.69) is 4.99 Å². The average molecular weight is 148 g/mol. The van der Waals surface area contributed by atoms with Crippen LogP contribution in [0.2, 0.25) is 0 Å². The van der Waals surface area contributed by atoms with E-state index in [4.69, 9.17) is 4.55 Å². The van der Waals surface area contributed by atoms with Crippen LogP contribution < -0.4 is 0 Å². The van der Waals surface area contributed by atoms with Gasteiger partial charge in [-0.1, -0.05) is 0 Å². The van der Waals surface area contributed by atoms with Crippen LogP contribution in [0, 0.1) is 0 Å². The van der Waals surface area contributed by atoms with Gasteiger partial charge in [-0.25, -0.2) is 4.21 Å². The lowest BCUT2D eigenvalue weighted by molar-refractivity contribution is 0.506. The lowest BCUT2D eigenvalue weighted by Crippen LogP contribution is -2.27. The van der Waals surface area contributed by atoms with Crippen LogP contribution in [0.1, 0.15) is 6.92 Å². The van der Waals surface area contributed by atoms with Crippen molar-refractivity contribution in [3.63, 3.8) is 0 Å². The van der Waals surface area contributed by atoms with Gasteiger partial charge < -0.3 is 0 Å². The Kier molecular flexibility index (Phi) is 1.82. The fourth-order valence-electron chi connectivity index (χ4n) is 0.734. The minimum absolute atomic E-state index is 0.564. The maximum absolute atomic E-state index is 10.4. The highest BCUT2D eigenvalue weighted by Crippen LogP contribution is 2.01. The summed E-state index contributed by atoms with van der Waals surface area (Å²) in [6, 6.07) is 0. The molecule has 1 aliphatic heterocycles. The minimum atomic E-state index is -1.87. The number of amidine groups is 1. The zero-order chi connectivity index (χ0) is 6.85. The Morgan fingerprint density at radius 3 is 2.78 bits per heavy atom. The molecular weight excluding hydrogens is 140 g/mol. The fraction of sp³-hybridized carbons (Fsp3) is 0.750. The molecular formula is C4H8N2O2S. The molecule has 0 bridgehead atoms. The van der Waals surface area contributed by atoms with Crippen molar-refractivity contribution in [3.8, 4) is 0 Å². The molecule has 0 fully saturated rings. The number of nitrogens with zero attached hydrogens (tertiary/aromatic N) is 2. The van der Waals surface area contributed by atoms with Crippen LogP contribution in [0.4, 0.5) is 0 Å². The van der Waals surface area contributed by atoms with Crippen molar-refractivity contribution in [2.75, 3.05) is 13.1 Å². The van der Waals surface area contributed by atoms with Crippen LogP contribution in [0.3, 0.4) is 0 Å². The summed E-state index contributed by atoms with van der Waals surface area (Å²) in [6.45, 7) is 2.92. The third kappa shape index (κ3) is 1.28. The molecule has 0 saturated carbocycles. The number of aliphatic imine (C=N–C) groups is 1. The molecule has 1 heterocycles. The van der Waals surface area contributed by atoms with Crippen molar-refractivity contribution in [2.24, 2.45) is 4.99 Å². The van der Waals surface area contributed by atoms with Crippen LogP contribution in [-0.2, 0) is 11.3 Å². The molecule has 1 N–H and O–H groups in total. The zero-order valence-electron chi connectivity index (χ0n) is 5.07. The first-order valence-electron chi connectivity index (χ1n) is 2.61. The Balaban J connectivity index is 2.63. The molecule has 52 valence electrons. The molecule has 0 saturated heterocycles. The molecule has 0 radical (unpaired) electrons. The topological polar surface area (TPSA) is 52.9 Å². The summed E-state index contributed by atoms with van der Waals surface area (Å²) in [6.07, 6.45) is 0. The van der Waals surface area contributed by atoms with E-state index in [1.807, 2.05) is 0 Å². The standard InChI is InChI=1S/C4H8N2O2S/c1-4-5-2-3-6(4)9(7)8/h2-3H2,1H3,(H,7,8). The van der Waals surface area contributed by atoms with Gasteiger partial charge in [0.15, 0.2) is 0 Å². The Morgan fingerprint density at radius 1 is 1.89 bits per heavy atom. The second-order valence-corrected chi connectivity index (χ2v) is 2.66. The third-order valence-electron chi connectivity index (χ3n) is 1.19. The van der Waals surface area contributed by atoms with Crippen LogP contribution in [0.15, 0.2) is 4.99 Å². The summed E-state index contributed by atoms with van der Waals surface area (Å²) in [5.41, 5.74) is 0. The van der Waals surface area contributed by atoms with E-state index in [9.17, 15) is 4.21 Å². The van der Waals surface area contributed by atoms with Gasteiger partial charge in [0.1, 0.15) is 5.84 Å². The fourth-order valence-corrected chi connectivity index (χ4v) is 1.26. The Morgan fingerprint density at radius 2 is 2.56 bits per heavy atom. The molecule has 0 aromatic rings. The predicted molar refractivity (Wildman–Crippen MR) is 35.5 cm³/mol. The van der Waals surface area contributed by atoms with Crippen molar-refractivity contribution in [1.82, 2.24) is 4.31 Å². The van der Waals surface area contributed by atoms with Crippen LogP contribution >= 0.6 is 0 Å². The summed E-state index contributed by atoms with van der Waals surface area (Å²) >= 11 is -1.87. The molecule has 9 heavy (non-hydrogen) atoms. The summed E-state index contributed by atoms with van der Waals surface area (Å²) in [4.78, 5) is 3.93. The first-order chi connectivity index (χ1) is 4.22. The normalized spacial score (nSPS) is 22.0. The second-order valence-electron chi connectivity index (χ2n) is 1.76. The van der Waals surface area contributed by atoms with E-state index in [-0.39, 0.29) is 0 Å². The van der Waals surface area contributed by atoms with Crippen molar-refractivity contribution >= 4 is 17.1 Å². The first-order valence-corrected chi connectivity index (χ1v) is 3.68. The van der Waals surface area contributed by atoms with E-state index in [1.165, 1.54) is 4.31 Å². The molecule has 5 heteroatoms. The number of hydrogen-bond donors (Lipinski definition) is 1. The van der Waals surface area contributed by atoms with E-state index in [0.717, 1.165) is 0 Å². The monoisotopic (exact) mass is 148 g/mol. The van der Waals surface area contributed by atoms with Gasteiger partial charge in [0, 0.05) is 0 Å². The lowest BCUT2D eigenvalue weighted by atomic mass is 10.7. The lowest BCUT2D eigenvalue weighted by Gasteiger charge is -2.09. The van der Waals surface area contributed by atoms with Gasteiger partial charge in [0.05, 0.1) is 13.1 Å². The van der Waals surface area contributed by atoms with Crippen molar-refractivity contribution in [3.05, 3.63) is 0 Å². The molecule has 1 atom stereocenters. The van der Waals surface area contributed by atoms with Crippen molar-refractivity contribution < 1.29 is 8.76 Å². The van der Waals surface area contributed by atoms with Gasteiger partial charge in [-0.05, 0) is 6.92 Å². The van der Waals surface area contributed by atoms with E-state index in [0.29, 0.717) is 18.9 Å². The van der Waals surface area contributed by atoms with Gasteiger partial charge >= 0.3 is 0 Å². The smallest absolute Gasteiger partial charge is 0.262 e. The van der Waals surface area contributed by atoms with Crippen LogP contribution in [0.25, 0.3) is 0 Å². The molecule has 0 aromatic carbocycles. The molecule has 1 rings (SSSR count). The maximum atomic E-state index is 10.4. The molecule has 0 aliphatic carbocycles. The molecule has 0 spiro atoms. The van der Waals surface area contributed by atoms with Gasteiger partial charge in [-0.2, -0.15) is 0 Å². The molecule has 0 aromatic heterocycles. The Labute approximate surface area is 56.0 Å². The number of hydrogen-bond acceptors (Lipinski definition) is 2. The first kappa shape index (κ1) is 6.70. The van der Waals surface area contributed by atoms with Crippen molar-refractivity contribution in [2.45, 2.75) is 6.92 Å². The van der Waals surface area contributed by atoms with Crippen LogP contribution in [0.5, 0.6) is 0 Å². The quantitative estimate of drug-likeness (QED) is 0.526. The van der Waals surface area contributed by atoms with Gasteiger partial charge in [0.2, 0.25) is 0 Å².